The molecule has 2 N–H and O–H groups in total. The van der Waals surface area contributed by atoms with E-state index < -0.39 is 0 Å². The van der Waals surface area contributed by atoms with Gasteiger partial charge in [-0.3, -0.25) is 0 Å². The van der Waals surface area contributed by atoms with E-state index in [2.05, 4.69) is 30.1 Å². The van der Waals surface area contributed by atoms with Crippen LogP contribution in [0.1, 0.15) is 29.8 Å². The highest BCUT2D eigenvalue weighted by atomic mass is 35.5. The monoisotopic (exact) mass is 463 g/mol. The number of aromatic nitrogens is 2. The van der Waals surface area contributed by atoms with Crippen molar-refractivity contribution < 1.29 is 9.84 Å². The van der Waals surface area contributed by atoms with Gasteiger partial charge < -0.3 is 14.8 Å². The second-order valence-corrected chi connectivity index (χ2v) is 8.92. The molecule has 162 valence electrons. The number of methoxy groups -OCH3 is 1. The third kappa shape index (κ3) is 4.07. The lowest BCUT2D eigenvalue weighted by Crippen LogP contribution is -2.08. The zero-order chi connectivity index (χ0) is 22.7. The maximum Gasteiger partial charge on any atom is 0.156 e. The molecule has 0 aliphatic heterocycles. The Labute approximate surface area is 196 Å². The molecule has 0 spiro atoms. The number of halogens is 1. The largest absolute Gasteiger partial charge is 0.494 e. The summed E-state index contributed by atoms with van der Waals surface area (Å²) >= 11 is 8.42. The number of hydrogen-bond donors (Lipinski definition) is 2. The maximum absolute atomic E-state index is 10.2. The van der Waals surface area contributed by atoms with Crippen molar-refractivity contribution >= 4 is 34.4 Å². The number of rotatable bonds is 7. The average Bonchev–Trinajstić information content (AvgIpc) is 3.23. The number of hydrogen-bond acceptors (Lipinski definition) is 5. The maximum atomic E-state index is 10.2. The SMILES string of the molecule is CCSc1ccc(C(CO)c2nc3c(OC)c(-c4ccccc4C#N)c(Cl)cc3[nH]2)cc1. The Morgan fingerprint density at radius 2 is 1.97 bits per heavy atom. The Hall–Kier alpha value is -2.98. The lowest BCUT2D eigenvalue weighted by Gasteiger charge is -2.13. The molecule has 7 heteroatoms. The quantitative estimate of drug-likeness (QED) is 0.328. The van der Waals surface area contributed by atoms with E-state index in [1.807, 2.05) is 30.3 Å². The molecule has 1 atom stereocenters. The summed E-state index contributed by atoms with van der Waals surface area (Å²) in [5.74, 6) is 1.80. The zero-order valence-corrected chi connectivity index (χ0v) is 19.3. The van der Waals surface area contributed by atoms with Crippen molar-refractivity contribution in [3.63, 3.8) is 0 Å². The molecule has 1 aromatic heterocycles. The molecule has 0 aliphatic rings. The van der Waals surface area contributed by atoms with Gasteiger partial charge in [-0.25, -0.2) is 4.98 Å². The second-order valence-electron chi connectivity index (χ2n) is 7.18. The van der Waals surface area contributed by atoms with Gasteiger partial charge in [0.1, 0.15) is 11.3 Å². The van der Waals surface area contributed by atoms with Crippen molar-refractivity contribution in [3.05, 3.63) is 76.6 Å². The number of fused-ring (bicyclic) bond motifs is 1. The summed E-state index contributed by atoms with van der Waals surface area (Å²) in [4.78, 5) is 9.27. The van der Waals surface area contributed by atoms with E-state index in [-0.39, 0.29) is 12.5 Å². The predicted molar refractivity (Wildman–Crippen MR) is 130 cm³/mol. The minimum atomic E-state index is -0.318. The number of benzene rings is 3. The van der Waals surface area contributed by atoms with Crippen LogP contribution in [0.25, 0.3) is 22.2 Å². The van der Waals surface area contributed by atoms with Crippen LogP contribution >= 0.6 is 23.4 Å². The van der Waals surface area contributed by atoms with E-state index in [1.54, 1.807) is 31.0 Å². The highest BCUT2D eigenvalue weighted by Gasteiger charge is 2.23. The van der Waals surface area contributed by atoms with Gasteiger partial charge in [-0.05, 0) is 35.6 Å². The summed E-state index contributed by atoms with van der Waals surface area (Å²) in [5.41, 5.74) is 4.08. The number of nitrogens with one attached hydrogen (secondary N) is 1. The molecule has 32 heavy (non-hydrogen) atoms. The molecule has 5 nitrogen and oxygen atoms in total. The molecule has 0 aliphatic carbocycles. The molecule has 0 saturated carbocycles. The van der Waals surface area contributed by atoms with E-state index in [0.717, 1.165) is 11.3 Å². The number of aliphatic hydroxyl groups is 1. The third-order valence-corrected chi connectivity index (χ3v) is 6.52. The molecular formula is C25H22ClN3O2S. The van der Waals surface area contributed by atoms with Crippen LogP contribution in [0, 0.1) is 11.3 Å². The summed E-state index contributed by atoms with van der Waals surface area (Å²) in [6, 6.07) is 19.4. The van der Waals surface area contributed by atoms with Crippen molar-refractivity contribution in [2.75, 3.05) is 19.5 Å². The first kappa shape index (κ1) is 22.2. The Kier molecular flexibility index (Phi) is 6.71. The second kappa shape index (κ2) is 9.66. The van der Waals surface area contributed by atoms with Gasteiger partial charge in [0.05, 0.1) is 41.8 Å². The van der Waals surface area contributed by atoms with Gasteiger partial charge in [-0.2, -0.15) is 5.26 Å². The summed E-state index contributed by atoms with van der Waals surface area (Å²) in [5, 5.41) is 20.2. The first-order chi connectivity index (χ1) is 15.6. The molecule has 4 aromatic rings. The molecule has 0 amide bonds. The van der Waals surface area contributed by atoms with Crippen molar-refractivity contribution in [2.45, 2.75) is 17.7 Å². The lowest BCUT2D eigenvalue weighted by atomic mass is 9.98. The van der Waals surface area contributed by atoms with Crippen molar-refractivity contribution in [1.29, 1.82) is 5.26 Å². The van der Waals surface area contributed by atoms with Crippen LogP contribution in [0.5, 0.6) is 5.75 Å². The highest BCUT2D eigenvalue weighted by Crippen LogP contribution is 2.43. The minimum absolute atomic E-state index is 0.0970. The van der Waals surface area contributed by atoms with Gasteiger partial charge >= 0.3 is 0 Å². The number of nitriles is 1. The summed E-state index contributed by atoms with van der Waals surface area (Å²) < 4.78 is 5.73. The number of aromatic amines is 1. The normalized spacial score (nSPS) is 12.0. The topological polar surface area (TPSA) is 81.9 Å². The van der Waals surface area contributed by atoms with Gasteiger partial charge in [0.2, 0.25) is 0 Å². The van der Waals surface area contributed by atoms with Gasteiger partial charge in [0.15, 0.2) is 5.75 Å². The fraction of sp³-hybridized carbons (Fsp3) is 0.200. The Bertz CT molecular complexity index is 1300. The van der Waals surface area contributed by atoms with Crippen molar-refractivity contribution in [2.24, 2.45) is 0 Å². The Balaban J connectivity index is 1.84. The van der Waals surface area contributed by atoms with Crippen LogP contribution < -0.4 is 4.74 Å². The lowest BCUT2D eigenvalue weighted by molar-refractivity contribution is 0.277. The van der Waals surface area contributed by atoms with Gasteiger partial charge in [-0.1, -0.05) is 48.9 Å². The molecule has 0 radical (unpaired) electrons. The van der Waals surface area contributed by atoms with Gasteiger partial charge in [0.25, 0.3) is 0 Å². The first-order valence-electron chi connectivity index (χ1n) is 10.2. The fourth-order valence-corrected chi connectivity index (χ4v) is 4.79. The molecule has 3 aromatic carbocycles. The molecule has 0 saturated heterocycles. The number of nitrogens with zero attached hydrogens (tertiary/aromatic N) is 2. The van der Waals surface area contributed by atoms with Crippen molar-refractivity contribution in [1.82, 2.24) is 9.97 Å². The summed E-state index contributed by atoms with van der Waals surface area (Å²) in [6.07, 6.45) is 0. The number of imidazole rings is 1. The van der Waals surface area contributed by atoms with Crippen LogP contribution in [0.2, 0.25) is 5.02 Å². The van der Waals surface area contributed by atoms with Crippen LogP contribution in [0.15, 0.2) is 59.5 Å². The molecule has 1 heterocycles. The third-order valence-electron chi connectivity index (χ3n) is 5.33. The zero-order valence-electron chi connectivity index (χ0n) is 17.7. The van der Waals surface area contributed by atoms with E-state index in [0.29, 0.717) is 44.3 Å². The number of aliphatic hydroxyl groups excluding tert-OH is 1. The number of ether oxygens (including phenoxy) is 1. The number of thioether (sulfide) groups is 1. The van der Waals surface area contributed by atoms with Crippen LogP contribution in [0.3, 0.4) is 0 Å². The predicted octanol–water partition coefficient (Wildman–Crippen LogP) is 6.00. The van der Waals surface area contributed by atoms with E-state index in [1.165, 1.54) is 4.90 Å². The summed E-state index contributed by atoms with van der Waals surface area (Å²) in [7, 11) is 1.56. The Morgan fingerprint density at radius 3 is 2.62 bits per heavy atom. The van der Waals surface area contributed by atoms with Crippen LogP contribution in [0.4, 0.5) is 0 Å². The molecular weight excluding hydrogens is 442 g/mol. The molecule has 4 rings (SSSR count). The first-order valence-corrected chi connectivity index (χ1v) is 11.6. The minimum Gasteiger partial charge on any atom is -0.494 e. The molecule has 1 unspecified atom stereocenters. The smallest absolute Gasteiger partial charge is 0.156 e. The van der Waals surface area contributed by atoms with E-state index in [9.17, 15) is 10.4 Å². The standard InChI is InChI=1S/C25H22ClN3O2S/c1-3-32-17-10-8-15(9-11-17)19(14-30)25-28-21-12-20(26)22(24(31-2)23(21)29-25)18-7-5-4-6-16(18)13-27/h4-12,19,30H,3,14H2,1-2H3,(H,28,29). The average molecular weight is 464 g/mol. The molecule has 0 fully saturated rings. The van der Waals surface area contributed by atoms with Gasteiger partial charge in [0, 0.05) is 16.0 Å². The Morgan fingerprint density at radius 1 is 1.22 bits per heavy atom. The van der Waals surface area contributed by atoms with Crippen molar-refractivity contribution in [3.8, 4) is 22.9 Å². The van der Waals surface area contributed by atoms with Gasteiger partial charge in [-0.15, -0.1) is 11.8 Å². The number of H-pyrrole nitrogens is 1. The van der Waals surface area contributed by atoms with E-state index >= 15 is 0 Å². The fourth-order valence-electron chi connectivity index (χ4n) is 3.84. The van der Waals surface area contributed by atoms with E-state index in [4.69, 9.17) is 21.3 Å². The van der Waals surface area contributed by atoms with Crippen LogP contribution in [-0.2, 0) is 0 Å². The highest BCUT2D eigenvalue weighted by molar-refractivity contribution is 7.99. The van der Waals surface area contributed by atoms with Crippen LogP contribution in [-0.4, -0.2) is 34.5 Å². The molecule has 0 bridgehead atoms. The summed E-state index contributed by atoms with van der Waals surface area (Å²) in [6.45, 7) is 2.02.